The number of nitrogens with one attached hydrogen (secondary N) is 1. The van der Waals surface area contributed by atoms with Crippen LogP contribution in [0.4, 0.5) is 5.69 Å². The molecule has 6 nitrogen and oxygen atoms in total. The second kappa shape index (κ2) is 12.8. The van der Waals surface area contributed by atoms with Crippen molar-refractivity contribution < 1.29 is 19.4 Å². The first-order valence-electron chi connectivity index (χ1n) is 15.0. The number of hydrogen-bond donors (Lipinski definition) is 3. The third kappa shape index (κ3) is 7.69. The molecule has 5 rings (SSSR count). The maximum Gasteiger partial charge on any atom is 0.329 e. The van der Waals surface area contributed by atoms with Gasteiger partial charge in [0, 0.05) is 11.3 Å². The molecule has 0 aliphatic heterocycles. The fraction of sp³-hybridized carbons (Fsp3) is 0.429. The Hall–Kier alpha value is -3.80. The number of nitrogen functional groups attached to an aromatic ring is 1. The van der Waals surface area contributed by atoms with Crippen molar-refractivity contribution in [3.8, 4) is 5.75 Å². The number of amides is 1. The fourth-order valence-electron chi connectivity index (χ4n) is 6.83. The van der Waals surface area contributed by atoms with Crippen LogP contribution < -0.4 is 11.1 Å². The molecule has 216 valence electrons. The van der Waals surface area contributed by atoms with Crippen molar-refractivity contribution in [2.45, 2.75) is 82.8 Å². The van der Waals surface area contributed by atoms with Crippen LogP contribution in [0.15, 0.2) is 72.8 Å². The molecule has 3 aromatic rings. The number of phenols is 1. The van der Waals surface area contributed by atoms with Crippen LogP contribution in [0, 0.1) is 11.8 Å². The number of anilines is 1. The number of ether oxygens (including phenoxy) is 1. The zero-order valence-corrected chi connectivity index (χ0v) is 24.0. The first-order chi connectivity index (χ1) is 19.8. The summed E-state index contributed by atoms with van der Waals surface area (Å²) in [4.78, 5) is 27.1. The Morgan fingerprint density at radius 3 is 2.34 bits per heavy atom. The van der Waals surface area contributed by atoms with E-state index < -0.39 is 11.6 Å². The molecule has 2 unspecified atom stereocenters. The summed E-state index contributed by atoms with van der Waals surface area (Å²) in [5, 5.41) is 12.5. The number of fused-ring (bicyclic) bond motifs is 2. The number of phenolic OH excluding ortho intramolecular Hbond substituents is 1. The number of carbonyl (C=O) groups excluding carboxylic acids is 2. The lowest BCUT2D eigenvalue weighted by Crippen LogP contribution is -2.48. The highest BCUT2D eigenvalue weighted by Gasteiger charge is 2.42. The van der Waals surface area contributed by atoms with Gasteiger partial charge < -0.3 is 20.9 Å². The molecule has 0 heterocycles. The molecular weight excluding hydrogens is 512 g/mol. The summed E-state index contributed by atoms with van der Waals surface area (Å²) in [6.07, 6.45) is 9.23. The maximum absolute atomic E-state index is 13.7. The van der Waals surface area contributed by atoms with Crippen molar-refractivity contribution in [2.75, 3.05) is 5.73 Å². The van der Waals surface area contributed by atoms with Gasteiger partial charge in [0.1, 0.15) is 17.4 Å². The highest BCUT2D eigenvalue weighted by atomic mass is 16.6. The van der Waals surface area contributed by atoms with Gasteiger partial charge >= 0.3 is 5.97 Å². The minimum atomic E-state index is -0.751. The monoisotopic (exact) mass is 554 g/mol. The molecule has 2 fully saturated rings. The van der Waals surface area contributed by atoms with E-state index in [2.05, 4.69) is 12.2 Å². The first-order valence-corrected chi connectivity index (χ1v) is 15.0. The highest BCUT2D eigenvalue weighted by molar-refractivity contribution is 5.97. The van der Waals surface area contributed by atoms with Crippen LogP contribution in [0.1, 0.15) is 78.9 Å². The van der Waals surface area contributed by atoms with E-state index in [1.54, 1.807) is 24.3 Å². The molecule has 2 saturated carbocycles. The van der Waals surface area contributed by atoms with Crippen molar-refractivity contribution in [1.82, 2.24) is 5.32 Å². The Balaban J connectivity index is 1.28. The van der Waals surface area contributed by atoms with Crippen LogP contribution in [0.2, 0.25) is 0 Å². The molecule has 2 aliphatic carbocycles. The number of hydrogen-bond acceptors (Lipinski definition) is 5. The molecule has 0 spiro atoms. The Bertz CT molecular complexity index is 1330. The summed E-state index contributed by atoms with van der Waals surface area (Å²) < 4.78 is 6.25. The lowest BCUT2D eigenvalue weighted by atomic mass is 9.66. The van der Waals surface area contributed by atoms with Gasteiger partial charge in [0.15, 0.2) is 0 Å². The Morgan fingerprint density at radius 1 is 0.951 bits per heavy atom. The number of carbonyl (C=O) groups is 2. The fourth-order valence-corrected chi connectivity index (χ4v) is 6.83. The average molecular weight is 555 g/mol. The molecule has 3 atom stereocenters. The Morgan fingerprint density at radius 2 is 1.63 bits per heavy atom. The van der Waals surface area contributed by atoms with Crippen LogP contribution in [0.25, 0.3) is 0 Å². The smallest absolute Gasteiger partial charge is 0.329 e. The average Bonchev–Trinajstić information content (AvgIpc) is 2.95. The van der Waals surface area contributed by atoms with Crippen molar-refractivity contribution in [3.05, 3.63) is 95.1 Å². The van der Waals surface area contributed by atoms with Gasteiger partial charge in [-0.15, -0.1) is 0 Å². The number of aromatic hydroxyl groups is 1. The predicted molar refractivity (Wildman–Crippen MR) is 162 cm³/mol. The quantitative estimate of drug-likeness (QED) is 0.199. The van der Waals surface area contributed by atoms with Crippen LogP contribution in [0.3, 0.4) is 0 Å². The van der Waals surface area contributed by atoms with Gasteiger partial charge in [-0.05, 0) is 111 Å². The lowest BCUT2D eigenvalue weighted by Gasteiger charge is -2.45. The van der Waals surface area contributed by atoms with E-state index in [4.69, 9.17) is 10.5 Å². The number of aryl methyl sites for hydroxylation is 3. The summed E-state index contributed by atoms with van der Waals surface area (Å²) in [7, 11) is 0. The molecule has 0 aromatic heterocycles. The summed E-state index contributed by atoms with van der Waals surface area (Å²) in [5.74, 6) is 0.809. The zero-order chi connectivity index (χ0) is 28.8. The van der Waals surface area contributed by atoms with E-state index in [0.717, 1.165) is 36.0 Å². The normalized spacial score (nSPS) is 22.5. The molecule has 2 bridgehead atoms. The van der Waals surface area contributed by atoms with E-state index in [1.807, 2.05) is 48.5 Å². The molecule has 2 aliphatic rings. The van der Waals surface area contributed by atoms with Gasteiger partial charge in [-0.3, -0.25) is 4.79 Å². The molecule has 3 aromatic carbocycles. The second-order valence-electron chi connectivity index (χ2n) is 12.3. The summed E-state index contributed by atoms with van der Waals surface area (Å²) >= 11 is 0. The molecule has 1 amide bonds. The summed E-state index contributed by atoms with van der Waals surface area (Å²) in [5.41, 5.74) is 9.91. The minimum absolute atomic E-state index is 0.229. The van der Waals surface area contributed by atoms with Crippen LogP contribution >= 0.6 is 0 Å². The van der Waals surface area contributed by atoms with Crippen LogP contribution in [-0.4, -0.2) is 28.6 Å². The highest BCUT2D eigenvalue weighted by Crippen LogP contribution is 2.46. The molecule has 6 heteroatoms. The standard InChI is InChI=1S/C35H42N2O4/c1-35(22-26-8-5-9-27(20-26)23-35)41-34(40)32(19-13-24-6-3-2-4-7-24)37-33(39)29-15-18-31(36)28(21-29)14-10-25-11-16-30(38)17-12-25/h2-4,6-7,11-12,15-18,21,26-27,32,38H,5,8-10,13-14,19-20,22-23,36H2,1H3,(H,37,39)/t26?,27?,32-,35?/m0/s1. The van der Waals surface area contributed by atoms with Gasteiger partial charge in [0.25, 0.3) is 5.91 Å². The van der Waals surface area contributed by atoms with Crippen molar-refractivity contribution in [2.24, 2.45) is 11.8 Å². The van der Waals surface area contributed by atoms with E-state index in [-0.39, 0.29) is 17.6 Å². The second-order valence-corrected chi connectivity index (χ2v) is 12.3. The molecule has 41 heavy (non-hydrogen) atoms. The minimum Gasteiger partial charge on any atom is -0.508 e. The van der Waals surface area contributed by atoms with Crippen molar-refractivity contribution >= 4 is 17.6 Å². The Kier molecular flexibility index (Phi) is 8.96. The number of nitrogens with two attached hydrogens (primary N) is 1. The maximum atomic E-state index is 13.7. The first kappa shape index (κ1) is 28.7. The van der Waals surface area contributed by atoms with Crippen LogP contribution in [0.5, 0.6) is 5.75 Å². The number of esters is 1. The summed E-state index contributed by atoms with van der Waals surface area (Å²) in [6.45, 7) is 2.08. The van der Waals surface area contributed by atoms with Crippen molar-refractivity contribution in [3.63, 3.8) is 0 Å². The molecule has 0 saturated heterocycles. The molecule has 4 N–H and O–H groups in total. The number of rotatable bonds is 10. The zero-order valence-electron chi connectivity index (χ0n) is 24.0. The van der Waals surface area contributed by atoms with E-state index in [9.17, 15) is 14.7 Å². The number of benzene rings is 3. The van der Waals surface area contributed by atoms with Gasteiger partial charge in [0.2, 0.25) is 0 Å². The summed E-state index contributed by atoms with van der Waals surface area (Å²) in [6, 6.07) is 21.6. The lowest BCUT2D eigenvalue weighted by molar-refractivity contribution is -0.168. The SMILES string of the molecule is CC1(OC(=O)[C@H](CCc2ccccc2)NC(=O)c2ccc(N)c(CCc3ccc(O)cc3)c2)CC2CCCC(C2)C1. The van der Waals surface area contributed by atoms with Gasteiger partial charge in [0.05, 0.1) is 0 Å². The van der Waals surface area contributed by atoms with E-state index in [0.29, 0.717) is 42.3 Å². The predicted octanol–water partition coefficient (Wildman–Crippen LogP) is 6.39. The van der Waals surface area contributed by atoms with Gasteiger partial charge in [-0.2, -0.15) is 0 Å². The van der Waals surface area contributed by atoms with Gasteiger partial charge in [-0.25, -0.2) is 4.79 Å². The molecular formula is C35H42N2O4. The largest absolute Gasteiger partial charge is 0.508 e. The van der Waals surface area contributed by atoms with Crippen LogP contribution in [-0.2, 0) is 28.8 Å². The Labute approximate surface area is 243 Å². The topological polar surface area (TPSA) is 102 Å². The van der Waals surface area contributed by atoms with E-state index >= 15 is 0 Å². The van der Waals surface area contributed by atoms with Gasteiger partial charge in [-0.1, -0.05) is 61.7 Å². The molecule has 0 radical (unpaired) electrons. The van der Waals surface area contributed by atoms with E-state index in [1.165, 1.54) is 25.7 Å². The third-order valence-electron chi connectivity index (χ3n) is 8.86. The third-order valence-corrected chi connectivity index (χ3v) is 8.86. The van der Waals surface area contributed by atoms with Crippen molar-refractivity contribution in [1.29, 1.82) is 0 Å².